The van der Waals surface area contributed by atoms with Gasteiger partial charge in [-0.2, -0.15) is 0 Å². The smallest absolute Gasteiger partial charge is 0.252 e. The molecule has 6 nitrogen and oxygen atoms in total. The molecule has 1 aromatic carbocycles. The van der Waals surface area contributed by atoms with Crippen LogP contribution >= 0.6 is 0 Å². The third-order valence-electron chi connectivity index (χ3n) is 4.54. The summed E-state index contributed by atoms with van der Waals surface area (Å²) in [5.74, 6) is -0.120. The molecule has 1 atom stereocenters. The highest BCUT2D eigenvalue weighted by atomic mass is 16.2. The van der Waals surface area contributed by atoms with Gasteiger partial charge in [0.05, 0.1) is 16.8 Å². The second-order valence-electron chi connectivity index (χ2n) is 6.32. The van der Waals surface area contributed by atoms with Gasteiger partial charge >= 0.3 is 0 Å². The zero-order valence-corrected chi connectivity index (χ0v) is 14.1. The number of carbonyl (C=O) groups excluding carboxylic acids is 2. The van der Waals surface area contributed by atoms with Crippen molar-refractivity contribution in [3.05, 3.63) is 60.4 Å². The first-order valence-corrected chi connectivity index (χ1v) is 8.58. The van der Waals surface area contributed by atoms with Gasteiger partial charge in [-0.15, -0.1) is 0 Å². The summed E-state index contributed by atoms with van der Waals surface area (Å²) in [7, 11) is 0. The van der Waals surface area contributed by atoms with Gasteiger partial charge in [-0.25, -0.2) is 4.98 Å². The van der Waals surface area contributed by atoms with Crippen LogP contribution in [0.15, 0.2) is 54.9 Å². The summed E-state index contributed by atoms with van der Waals surface area (Å²) in [6, 6.07) is 13.1. The topological polar surface area (TPSA) is 84.0 Å². The number of pyridine rings is 2. The maximum atomic E-state index is 12.9. The number of benzene rings is 1. The summed E-state index contributed by atoms with van der Waals surface area (Å²) in [6.45, 7) is 0.463. The molecule has 0 bridgehead atoms. The van der Waals surface area contributed by atoms with Crippen molar-refractivity contribution in [2.75, 3.05) is 6.54 Å². The Morgan fingerprint density at radius 3 is 2.73 bits per heavy atom. The third kappa shape index (κ3) is 3.26. The third-order valence-corrected chi connectivity index (χ3v) is 4.54. The van der Waals surface area contributed by atoms with Crippen molar-refractivity contribution in [3.8, 4) is 11.3 Å². The van der Waals surface area contributed by atoms with E-state index in [9.17, 15) is 9.59 Å². The molecular formula is C20H18N4O2. The molecule has 1 aliphatic heterocycles. The average molecular weight is 346 g/mol. The molecular weight excluding hydrogens is 328 g/mol. The summed E-state index contributed by atoms with van der Waals surface area (Å²) >= 11 is 0. The predicted molar refractivity (Wildman–Crippen MR) is 98.5 cm³/mol. The van der Waals surface area contributed by atoms with E-state index in [0.717, 1.165) is 22.2 Å². The van der Waals surface area contributed by atoms with Crippen molar-refractivity contribution >= 4 is 22.7 Å². The lowest BCUT2D eigenvalue weighted by Crippen LogP contribution is -2.47. The summed E-state index contributed by atoms with van der Waals surface area (Å²) in [5, 5.41) is 6.63. The number of carbonyl (C=O) groups is 2. The maximum absolute atomic E-state index is 12.9. The minimum absolute atomic E-state index is 0.0323. The number of hydrogen-bond donors (Lipinski definition) is 2. The van der Waals surface area contributed by atoms with Crippen LogP contribution in [-0.2, 0) is 4.79 Å². The minimum Gasteiger partial charge on any atom is -0.354 e. The molecule has 2 N–H and O–H groups in total. The van der Waals surface area contributed by atoms with Crippen molar-refractivity contribution in [3.63, 3.8) is 0 Å². The van der Waals surface area contributed by atoms with E-state index in [-0.39, 0.29) is 17.9 Å². The van der Waals surface area contributed by atoms with Crippen molar-refractivity contribution < 1.29 is 9.59 Å². The Balaban J connectivity index is 1.71. The lowest BCUT2D eigenvalue weighted by molar-refractivity contribution is -0.122. The maximum Gasteiger partial charge on any atom is 0.252 e. The van der Waals surface area contributed by atoms with Crippen LogP contribution in [-0.4, -0.2) is 34.4 Å². The highest BCUT2D eigenvalue weighted by Crippen LogP contribution is 2.24. The number of nitrogens with one attached hydrogen (secondary N) is 2. The van der Waals surface area contributed by atoms with Crippen molar-refractivity contribution in [1.82, 2.24) is 20.6 Å². The van der Waals surface area contributed by atoms with Gasteiger partial charge in [-0.1, -0.05) is 18.2 Å². The molecule has 6 heteroatoms. The number of piperidine rings is 1. The standard InChI is InChI=1S/C20H18N4O2/c25-19-6-5-14(12-22-19)23-20(26)16-11-18(13-7-9-21-10-8-13)24-17-4-2-1-3-15(16)17/h1-4,7-11,14H,5-6,12H2,(H,22,25)(H,23,26)/t14-/m1/s1. The molecule has 1 aliphatic rings. The molecule has 1 saturated heterocycles. The number of fused-ring (bicyclic) bond motifs is 1. The van der Waals surface area contributed by atoms with E-state index < -0.39 is 0 Å². The van der Waals surface area contributed by atoms with E-state index in [4.69, 9.17) is 0 Å². The largest absolute Gasteiger partial charge is 0.354 e. The van der Waals surface area contributed by atoms with E-state index >= 15 is 0 Å². The molecule has 26 heavy (non-hydrogen) atoms. The first-order chi connectivity index (χ1) is 12.7. The number of hydrogen-bond acceptors (Lipinski definition) is 4. The van der Waals surface area contributed by atoms with Crippen molar-refractivity contribution in [2.24, 2.45) is 0 Å². The molecule has 0 radical (unpaired) electrons. The highest BCUT2D eigenvalue weighted by molar-refractivity contribution is 6.07. The normalized spacial score (nSPS) is 16.9. The minimum atomic E-state index is -0.153. The SMILES string of the molecule is O=C1CC[C@@H](NC(=O)c2cc(-c3ccncc3)nc3ccccc23)CN1. The fourth-order valence-corrected chi connectivity index (χ4v) is 3.15. The van der Waals surface area contributed by atoms with Crippen LogP contribution in [0.4, 0.5) is 0 Å². The fraction of sp³-hybridized carbons (Fsp3) is 0.200. The Hall–Kier alpha value is -3.28. The average Bonchev–Trinajstić information content (AvgIpc) is 2.69. The van der Waals surface area contributed by atoms with Gasteiger partial charge in [-0.05, 0) is 30.7 Å². The second-order valence-corrected chi connectivity index (χ2v) is 6.32. The first-order valence-electron chi connectivity index (χ1n) is 8.58. The predicted octanol–water partition coefficient (Wildman–Crippen LogP) is 2.31. The quantitative estimate of drug-likeness (QED) is 0.762. The van der Waals surface area contributed by atoms with Crippen LogP contribution in [0.25, 0.3) is 22.2 Å². The number of aromatic nitrogens is 2. The summed E-state index contributed by atoms with van der Waals surface area (Å²) in [5.41, 5.74) is 2.99. The summed E-state index contributed by atoms with van der Waals surface area (Å²) in [6.07, 6.45) is 4.50. The number of rotatable bonds is 3. The van der Waals surface area contributed by atoms with E-state index in [2.05, 4.69) is 20.6 Å². The Bertz CT molecular complexity index is 962. The molecule has 0 spiro atoms. The molecule has 2 amide bonds. The van der Waals surface area contributed by atoms with Gasteiger partial charge in [0.15, 0.2) is 0 Å². The van der Waals surface area contributed by atoms with Crippen LogP contribution in [0.5, 0.6) is 0 Å². The second kappa shape index (κ2) is 6.92. The van der Waals surface area contributed by atoms with Gasteiger partial charge in [0, 0.05) is 42.4 Å². The van der Waals surface area contributed by atoms with Gasteiger partial charge in [-0.3, -0.25) is 14.6 Å². The zero-order chi connectivity index (χ0) is 17.9. The molecule has 1 fully saturated rings. The zero-order valence-electron chi connectivity index (χ0n) is 14.1. The van der Waals surface area contributed by atoms with E-state index in [0.29, 0.717) is 24.9 Å². The van der Waals surface area contributed by atoms with Crippen molar-refractivity contribution in [2.45, 2.75) is 18.9 Å². The molecule has 0 unspecified atom stereocenters. The van der Waals surface area contributed by atoms with Gasteiger partial charge < -0.3 is 10.6 Å². The Labute approximate surface area is 150 Å². The van der Waals surface area contributed by atoms with E-state index in [1.165, 1.54) is 0 Å². The monoisotopic (exact) mass is 346 g/mol. The van der Waals surface area contributed by atoms with Crippen LogP contribution in [0.2, 0.25) is 0 Å². The van der Waals surface area contributed by atoms with Crippen LogP contribution in [0, 0.1) is 0 Å². The number of nitrogens with zero attached hydrogens (tertiary/aromatic N) is 2. The lowest BCUT2D eigenvalue weighted by Gasteiger charge is -2.23. The molecule has 0 saturated carbocycles. The molecule has 3 heterocycles. The Morgan fingerprint density at radius 2 is 1.96 bits per heavy atom. The summed E-state index contributed by atoms with van der Waals surface area (Å²) < 4.78 is 0. The molecule has 4 rings (SSSR count). The highest BCUT2D eigenvalue weighted by Gasteiger charge is 2.21. The van der Waals surface area contributed by atoms with Crippen LogP contribution < -0.4 is 10.6 Å². The van der Waals surface area contributed by atoms with Crippen molar-refractivity contribution in [1.29, 1.82) is 0 Å². The molecule has 130 valence electrons. The van der Waals surface area contributed by atoms with Gasteiger partial charge in [0.1, 0.15) is 0 Å². The molecule has 3 aromatic rings. The van der Waals surface area contributed by atoms with Gasteiger partial charge in [0.2, 0.25) is 5.91 Å². The molecule has 0 aliphatic carbocycles. The van der Waals surface area contributed by atoms with Gasteiger partial charge in [0.25, 0.3) is 5.91 Å². The van der Waals surface area contributed by atoms with Crippen LogP contribution in [0.3, 0.4) is 0 Å². The first kappa shape index (κ1) is 16.2. The Kier molecular flexibility index (Phi) is 4.31. The fourth-order valence-electron chi connectivity index (χ4n) is 3.15. The number of amides is 2. The van der Waals surface area contributed by atoms with E-state index in [1.54, 1.807) is 12.4 Å². The number of para-hydroxylation sites is 1. The summed E-state index contributed by atoms with van der Waals surface area (Å²) in [4.78, 5) is 32.9. The van der Waals surface area contributed by atoms with E-state index in [1.807, 2.05) is 42.5 Å². The van der Waals surface area contributed by atoms with Crippen LogP contribution in [0.1, 0.15) is 23.2 Å². The molecule has 2 aromatic heterocycles. The lowest BCUT2D eigenvalue weighted by atomic mass is 10.0. The Morgan fingerprint density at radius 1 is 1.15 bits per heavy atom.